The maximum absolute atomic E-state index is 4.14. The van der Waals surface area contributed by atoms with Crippen molar-refractivity contribution in [1.29, 1.82) is 0 Å². The van der Waals surface area contributed by atoms with Gasteiger partial charge in [-0.25, -0.2) is 0 Å². The standard InChI is InChI=1S/C14H23N/c1-6-9-14(10-7-2)12(4)11-13(5)15-8-3/h8-9,11H,3,6-7,10H2,1-2,4-5H3/b12-11+,14-9+,15-13?. The summed E-state index contributed by atoms with van der Waals surface area (Å²) in [4.78, 5) is 4.14. The van der Waals surface area contributed by atoms with E-state index in [9.17, 15) is 0 Å². The number of nitrogens with zero attached hydrogens (tertiary/aromatic N) is 1. The Morgan fingerprint density at radius 2 is 1.93 bits per heavy atom. The van der Waals surface area contributed by atoms with Gasteiger partial charge in [0.2, 0.25) is 0 Å². The van der Waals surface area contributed by atoms with E-state index in [-0.39, 0.29) is 0 Å². The molecule has 0 heterocycles. The molecule has 0 aliphatic heterocycles. The molecule has 1 nitrogen and oxygen atoms in total. The SMILES string of the molecule is C=CN=C(C)/C=C(C)/C(=C/CC)CCC. The first kappa shape index (κ1) is 13.9. The first-order chi connectivity index (χ1) is 7.15. The van der Waals surface area contributed by atoms with Gasteiger partial charge in [-0.15, -0.1) is 0 Å². The molecule has 0 fully saturated rings. The molecular formula is C14H23N. The van der Waals surface area contributed by atoms with Crippen LogP contribution < -0.4 is 0 Å². The first-order valence-electron chi connectivity index (χ1n) is 5.68. The molecule has 1 heteroatoms. The van der Waals surface area contributed by atoms with Gasteiger partial charge in [-0.3, -0.25) is 4.99 Å². The van der Waals surface area contributed by atoms with Crippen molar-refractivity contribution in [1.82, 2.24) is 0 Å². The Morgan fingerprint density at radius 1 is 1.27 bits per heavy atom. The molecule has 0 aliphatic carbocycles. The van der Waals surface area contributed by atoms with Gasteiger partial charge in [0.15, 0.2) is 0 Å². The Bertz CT molecular complexity index is 280. The van der Waals surface area contributed by atoms with E-state index in [1.165, 1.54) is 17.6 Å². The van der Waals surface area contributed by atoms with Gasteiger partial charge in [0.25, 0.3) is 0 Å². The van der Waals surface area contributed by atoms with Gasteiger partial charge in [-0.05, 0) is 43.9 Å². The van der Waals surface area contributed by atoms with Crippen molar-refractivity contribution in [2.75, 3.05) is 0 Å². The molecule has 0 bridgehead atoms. The fraction of sp³-hybridized carbons (Fsp3) is 0.500. The van der Waals surface area contributed by atoms with E-state index in [0.29, 0.717) is 0 Å². The van der Waals surface area contributed by atoms with Crippen LogP contribution in [-0.4, -0.2) is 5.71 Å². The summed E-state index contributed by atoms with van der Waals surface area (Å²) in [6.45, 7) is 12.1. The van der Waals surface area contributed by atoms with Crippen molar-refractivity contribution >= 4 is 5.71 Å². The zero-order valence-corrected chi connectivity index (χ0v) is 10.5. The molecule has 0 atom stereocenters. The molecule has 0 rings (SSSR count). The van der Waals surface area contributed by atoms with E-state index in [0.717, 1.165) is 18.6 Å². The Kier molecular flexibility index (Phi) is 7.61. The van der Waals surface area contributed by atoms with Crippen molar-refractivity contribution in [3.8, 4) is 0 Å². The monoisotopic (exact) mass is 205 g/mol. The number of hydrogen-bond acceptors (Lipinski definition) is 1. The van der Waals surface area contributed by atoms with Crippen LogP contribution in [0.2, 0.25) is 0 Å². The smallest absolute Gasteiger partial charge is 0.0375 e. The average molecular weight is 205 g/mol. The van der Waals surface area contributed by atoms with Crippen LogP contribution in [0.25, 0.3) is 0 Å². The largest absolute Gasteiger partial charge is 0.262 e. The van der Waals surface area contributed by atoms with E-state index < -0.39 is 0 Å². The molecule has 0 unspecified atom stereocenters. The normalized spacial score (nSPS) is 14.3. The Hall–Kier alpha value is -1.11. The summed E-state index contributed by atoms with van der Waals surface area (Å²) in [6, 6.07) is 0. The molecule has 0 saturated carbocycles. The van der Waals surface area contributed by atoms with Crippen LogP contribution in [0, 0.1) is 0 Å². The summed E-state index contributed by atoms with van der Waals surface area (Å²) in [5.41, 5.74) is 3.78. The van der Waals surface area contributed by atoms with Crippen molar-refractivity contribution in [2.45, 2.75) is 47.0 Å². The topological polar surface area (TPSA) is 12.4 Å². The summed E-state index contributed by atoms with van der Waals surface area (Å²) < 4.78 is 0. The predicted octanol–water partition coefficient (Wildman–Crippen LogP) is 4.67. The van der Waals surface area contributed by atoms with E-state index in [2.05, 4.69) is 44.5 Å². The highest BCUT2D eigenvalue weighted by atomic mass is 14.7. The van der Waals surface area contributed by atoms with Gasteiger partial charge in [-0.2, -0.15) is 0 Å². The summed E-state index contributed by atoms with van der Waals surface area (Å²) in [7, 11) is 0. The minimum absolute atomic E-state index is 1.01. The van der Waals surface area contributed by atoms with E-state index in [1.54, 1.807) is 6.20 Å². The third-order valence-corrected chi connectivity index (χ3v) is 2.20. The summed E-state index contributed by atoms with van der Waals surface area (Å²) in [5, 5.41) is 0. The van der Waals surface area contributed by atoms with Crippen molar-refractivity contribution in [2.24, 2.45) is 4.99 Å². The lowest BCUT2D eigenvalue weighted by molar-refractivity contribution is 0.902. The second kappa shape index (κ2) is 8.22. The van der Waals surface area contributed by atoms with Crippen molar-refractivity contribution < 1.29 is 0 Å². The first-order valence-corrected chi connectivity index (χ1v) is 5.68. The average Bonchev–Trinajstić information content (AvgIpc) is 2.17. The van der Waals surface area contributed by atoms with Crippen LogP contribution in [0.4, 0.5) is 0 Å². The lowest BCUT2D eigenvalue weighted by atomic mass is 10.0. The lowest BCUT2D eigenvalue weighted by Crippen LogP contribution is -1.91. The summed E-state index contributed by atoms with van der Waals surface area (Å²) >= 11 is 0. The van der Waals surface area contributed by atoms with Crippen LogP contribution in [0.3, 0.4) is 0 Å². The Labute approximate surface area is 94.3 Å². The van der Waals surface area contributed by atoms with Gasteiger partial charge >= 0.3 is 0 Å². The van der Waals surface area contributed by atoms with Crippen molar-refractivity contribution in [3.63, 3.8) is 0 Å². The molecule has 0 radical (unpaired) electrons. The van der Waals surface area contributed by atoms with Gasteiger partial charge in [-0.1, -0.05) is 32.9 Å². The van der Waals surface area contributed by atoms with Crippen LogP contribution in [0.15, 0.2) is 41.1 Å². The summed E-state index contributed by atoms with van der Waals surface area (Å²) in [6.07, 6.45) is 9.45. The van der Waals surface area contributed by atoms with Crippen molar-refractivity contribution in [3.05, 3.63) is 36.1 Å². The van der Waals surface area contributed by atoms with E-state index >= 15 is 0 Å². The second-order valence-corrected chi connectivity index (χ2v) is 3.67. The minimum atomic E-state index is 1.01. The Balaban J connectivity index is 4.76. The molecule has 0 aromatic carbocycles. The molecule has 0 spiro atoms. The number of aliphatic imine (C=N–C) groups is 1. The maximum atomic E-state index is 4.14. The highest BCUT2D eigenvalue weighted by molar-refractivity contribution is 5.94. The third-order valence-electron chi connectivity index (χ3n) is 2.20. The van der Waals surface area contributed by atoms with E-state index in [1.807, 2.05) is 6.92 Å². The number of hydrogen-bond donors (Lipinski definition) is 0. The van der Waals surface area contributed by atoms with Crippen LogP contribution in [-0.2, 0) is 0 Å². The fourth-order valence-electron chi connectivity index (χ4n) is 1.56. The molecule has 0 amide bonds. The molecular weight excluding hydrogens is 182 g/mol. The number of rotatable bonds is 6. The predicted molar refractivity (Wildman–Crippen MR) is 70.3 cm³/mol. The Morgan fingerprint density at radius 3 is 2.40 bits per heavy atom. The minimum Gasteiger partial charge on any atom is -0.262 e. The van der Waals surface area contributed by atoms with Crippen LogP contribution in [0.1, 0.15) is 47.0 Å². The highest BCUT2D eigenvalue weighted by Crippen LogP contribution is 2.16. The van der Waals surface area contributed by atoms with Crippen LogP contribution in [0.5, 0.6) is 0 Å². The molecule has 0 aromatic heterocycles. The van der Waals surface area contributed by atoms with Gasteiger partial charge in [0, 0.05) is 11.9 Å². The maximum Gasteiger partial charge on any atom is 0.0375 e. The molecule has 0 N–H and O–H groups in total. The zero-order chi connectivity index (χ0) is 11.7. The molecule has 0 aromatic rings. The van der Waals surface area contributed by atoms with Gasteiger partial charge in [0.05, 0.1) is 0 Å². The third kappa shape index (κ3) is 6.05. The molecule has 15 heavy (non-hydrogen) atoms. The fourth-order valence-corrected chi connectivity index (χ4v) is 1.56. The number of allylic oxidation sites excluding steroid dienone is 4. The summed E-state index contributed by atoms with van der Waals surface area (Å²) in [5.74, 6) is 0. The molecule has 0 saturated heterocycles. The molecule has 84 valence electrons. The van der Waals surface area contributed by atoms with E-state index in [4.69, 9.17) is 0 Å². The lowest BCUT2D eigenvalue weighted by Gasteiger charge is -2.06. The zero-order valence-electron chi connectivity index (χ0n) is 10.5. The molecule has 0 aliphatic rings. The highest BCUT2D eigenvalue weighted by Gasteiger charge is 1.98. The quantitative estimate of drug-likeness (QED) is 0.441. The second-order valence-electron chi connectivity index (χ2n) is 3.67. The van der Waals surface area contributed by atoms with Crippen LogP contribution >= 0.6 is 0 Å². The van der Waals surface area contributed by atoms with Gasteiger partial charge < -0.3 is 0 Å². The van der Waals surface area contributed by atoms with Gasteiger partial charge in [0.1, 0.15) is 0 Å².